The SMILES string of the molecule is CC(C)OC(=O)N1CCC(n2ncc3cc(-c4ccc(C(=O)O)cc4F)ncc32)CC1. The monoisotopic (exact) mass is 426 g/mol. The minimum Gasteiger partial charge on any atom is -0.478 e. The van der Waals surface area contributed by atoms with E-state index in [1.165, 1.54) is 12.1 Å². The van der Waals surface area contributed by atoms with Gasteiger partial charge in [-0.1, -0.05) is 0 Å². The number of fused-ring (bicyclic) bond motifs is 1. The van der Waals surface area contributed by atoms with Crippen LogP contribution in [-0.2, 0) is 4.74 Å². The zero-order chi connectivity index (χ0) is 22.1. The minimum absolute atomic E-state index is 0.112. The quantitative estimate of drug-likeness (QED) is 0.674. The molecule has 1 fully saturated rings. The number of amides is 1. The summed E-state index contributed by atoms with van der Waals surface area (Å²) in [6.07, 6.45) is 4.42. The van der Waals surface area contributed by atoms with E-state index >= 15 is 0 Å². The first kappa shape index (κ1) is 20.8. The lowest BCUT2D eigenvalue weighted by molar-refractivity contribution is 0.0654. The van der Waals surface area contributed by atoms with Crippen LogP contribution in [0.15, 0.2) is 36.7 Å². The number of carbonyl (C=O) groups excluding carboxylic acids is 1. The average Bonchev–Trinajstić information content (AvgIpc) is 3.16. The molecule has 3 aromatic rings. The van der Waals surface area contributed by atoms with Crippen molar-refractivity contribution in [3.63, 3.8) is 0 Å². The van der Waals surface area contributed by atoms with Crippen LogP contribution in [0.3, 0.4) is 0 Å². The zero-order valence-corrected chi connectivity index (χ0v) is 17.3. The predicted molar refractivity (Wildman–Crippen MR) is 111 cm³/mol. The number of aromatic nitrogens is 3. The first-order valence-electron chi connectivity index (χ1n) is 10.2. The van der Waals surface area contributed by atoms with Crippen molar-refractivity contribution in [1.82, 2.24) is 19.7 Å². The van der Waals surface area contributed by atoms with Crippen molar-refractivity contribution in [2.75, 3.05) is 13.1 Å². The van der Waals surface area contributed by atoms with Crippen LogP contribution in [-0.4, -0.2) is 56.0 Å². The number of pyridine rings is 1. The lowest BCUT2D eigenvalue weighted by Crippen LogP contribution is -2.40. The van der Waals surface area contributed by atoms with E-state index in [4.69, 9.17) is 9.84 Å². The first-order chi connectivity index (χ1) is 14.8. The summed E-state index contributed by atoms with van der Waals surface area (Å²) in [6.45, 7) is 4.83. The van der Waals surface area contributed by atoms with Gasteiger partial charge in [0.2, 0.25) is 0 Å². The second kappa shape index (κ2) is 8.33. The molecule has 0 aliphatic carbocycles. The van der Waals surface area contributed by atoms with Gasteiger partial charge in [0.15, 0.2) is 0 Å². The zero-order valence-electron chi connectivity index (χ0n) is 17.3. The number of piperidine rings is 1. The van der Waals surface area contributed by atoms with Crippen LogP contribution in [0, 0.1) is 5.82 Å². The molecule has 2 aromatic heterocycles. The van der Waals surface area contributed by atoms with Gasteiger partial charge < -0.3 is 14.7 Å². The van der Waals surface area contributed by atoms with Gasteiger partial charge in [-0.15, -0.1) is 0 Å². The number of hydrogen-bond acceptors (Lipinski definition) is 5. The molecule has 1 N–H and O–H groups in total. The smallest absolute Gasteiger partial charge is 0.410 e. The number of carbonyl (C=O) groups is 2. The van der Waals surface area contributed by atoms with Gasteiger partial charge >= 0.3 is 12.1 Å². The molecule has 162 valence electrons. The number of benzene rings is 1. The summed E-state index contributed by atoms with van der Waals surface area (Å²) < 4.78 is 21.6. The number of rotatable bonds is 4. The maximum absolute atomic E-state index is 14.4. The molecule has 0 atom stereocenters. The Morgan fingerprint density at radius 3 is 2.58 bits per heavy atom. The number of halogens is 1. The van der Waals surface area contributed by atoms with Gasteiger partial charge in [0.05, 0.1) is 41.3 Å². The van der Waals surface area contributed by atoms with Gasteiger partial charge in [-0.05, 0) is 51.0 Å². The van der Waals surface area contributed by atoms with Crippen LogP contribution in [0.2, 0.25) is 0 Å². The number of carboxylic acid groups (broad SMARTS) is 1. The highest BCUT2D eigenvalue weighted by Gasteiger charge is 2.26. The molecule has 0 radical (unpaired) electrons. The van der Waals surface area contributed by atoms with Crippen LogP contribution >= 0.6 is 0 Å². The average molecular weight is 426 g/mol. The fourth-order valence-corrected chi connectivity index (χ4v) is 3.81. The summed E-state index contributed by atoms with van der Waals surface area (Å²) in [5, 5.41) is 14.3. The van der Waals surface area contributed by atoms with E-state index in [1.54, 1.807) is 23.4 Å². The van der Waals surface area contributed by atoms with Crippen molar-refractivity contribution in [3.05, 3.63) is 48.0 Å². The van der Waals surface area contributed by atoms with E-state index in [9.17, 15) is 14.0 Å². The molecule has 1 aliphatic heterocycles. The van der Waals surface area contributed by atoms with Gasteiger partial charge in [-0.2, -0.15) is 5.10 Å². The fraction of sp³-hybridized carbons (Fsp3) is 0.364. The number of ether oxygens (including phenoxy) is 1. The summed E-state index contributed by atoms with van der Waals surface area (Å²) in [5.74, 6) is -1.82. The molecule has 1 saturated heterocycles. The van der Waals surface area contributed by atoms with E-state index in [0.717, 1.165) is 29.8 Å². The number of nitrogens with zero attached hydrogens (tertiary/aromatic N) is 4. The summed E-state index contributed by atoms with van der Waals surface area (Å²) in [6, 6.07) is 5.63. The van der Waals surface area contributed by atoms with Crippen LogP contribution < -0.4 is 0 Å². The fourth-order valence-electron chi connectivity index (χ4n) is 3.81. The molecule has 0 unspecified atom stereocenters. The largest absolute Gasteiger partial charge is 0.478 e. The third-order valence-corrected chi connectivity index (χ3v) is 5.38. The van der Waals surface area contributed by atoms with Crippen molar-refractivity contribution in [1.29, 1.82) is 0 Å². The van der Waals surface area contributed by atoms with Crippen LogP contribution in [0.25, 0.3) is 22.2 Å². The Morgan fingerprint density at radius 2 is 1.94 bits per heavy atom. The number of aromatic carboxylic acids is 1. The van der Waals surface area contributed by atoms with Gasteiger partial charge in [0.1, 0.15) is 5.82 Å². The molecule has 31 heavy (non-hydrogen) atoms. The molecule has 8 nitrogen and oxygen atoms in total. The van der Waals surface area contributed by atoms with E-state index in [2.05, 4.69) is 10.1 Å². The topological polar surface area (TPSA) is 97.6 Å². The van der Waals surface area contributed by atoms with Gasteiger partial charge in [0, 0.05) is 24.0 Å². The molecule has 0 bridgehead atoms. The van der Waals surface area contributed by atoms with Crippen molar-refractivity contribution in [2.45, 2.75) is 38.8 Å². The van der Waals surface area contributed by atoms with Gasteiger partial charge in [-0.3, -0.25) is 9.67 Å². The Morgan fingerprint density at radius 1 is 1.19 bits per heavy atom. The maximum Gasteiger partial charge on any atom is 0.410 e. The lowest BCUT2D eigenvalue weighted by Gasteiger charge is -2.32. The van der Waals surface area contributed by atoms with Crippen molar-refractivity contribution in [2.24, 2.45) is 0 Å². The maximum atomic E-state index is 14.4. The Balaban J connectivity index is 1.52. The highest BCUT2D eigenvalue weighted by molar-refractivity contribution is 5.89. The van der Waals surface area contributed by atoms with Gasteiger partial charge in [0.25, 0.3) is 0 Å². The Bertz CT molecular complexity index is 1140. The van der Waals surface area contributed by atoms with E-state index in [-0.39, 0.29) is 29.4 Å². The highest BCUT2D eigenvalue weighted by atomic mass is 19.1. The molecule has 9 heteroatoms. The molecule has 0 saturated carbocycles. The van der Waals surface area contributed by atoms with Crippen molar-refractivity contribution < 1.29 is 23.8 Å². The second-order valence-electron chi connectivity index (χ2n) is 7.87. The lowest BCUT2D eigenvalue weighted by atomic mass is 10.0. The van der Waals surface area contributed by atoms with E-state index < -0.39 is 11.8 Å². The molecule has 1 aliphatic rings. The summed E-state index contributed by atoms with van der Waals surface area (Å²) in [7, 11) is 0. The Hall–Kier alpha value is -3.49. The summed E-state index contributed by atoms with van der Waals surface area (Å²) in [5.41, 5.74) is 1.36. The second-order valence-corrected chi connectivity index (χ2v) is 7.87. The summed E-state index contributed by atoms with van der Waals surface area (Å²) in [4.78, 5) is 29.2. The van der Waals surface area contributed by atoms with Crippen molar-refractivity contribution >= 4 is 23.0 Å². The summed E-state index contributed by atoms with van der Waals surface area (Å²) >= 11 is 0. The van der Waals surface area contributed by atoms with E-state index in [1.807, 2.05) is 18.5 Å². The first-order valence-corrected chi connectivity index (χ1v) is 10.2. The molecule has 1 amide bonds. The molecule has 0 spiro atoms. The molecular formula is C22H23FN4O4. The highest BCUT2D eigenvalue weighted by Crippen LogP contribution is 2.29. The third-order valence-electron chi connectivity index (χ3n) is 5.38. The van der Waals surface area contributed by atoms with Crippen molar-refractivity contribution in [3.8, 4) is 11.3 Å². The Labute approximate surface area is 178 Å². The van der Waals surface area contributed by atoms with Crippen LogP contribution in [0.5, 0.6) is 0 Å². The molecule has 1 aromatic carbocycles. The number of hydrogen-bond donors (Lipinski definition) is 1. The van der Waals surface area contributed by atoms with Gasteiger partial charge in [-0.25, -0.2) is 14.0 Å². The predicted octanol–water partition coefficient (Wildman–Crippen LogP) is 4.12. The molecule has 4 rings (SSSR count). The molecular weight excluding hydrogens is 403 g/mol. The van der Waals surface area contributed by atoms with Crippen LogP contribution in [0.4, 0.5) is 9.18 Å². The molecule has 3 heterocycles. The Kier molecular flexibility index (Phi) is 5.58. The minimum atomic E-state index is -1.18. The van der Waals surface area contributed by atoms with Crippen LogP contribution in [0.1, 0.15) is 43.1 Å². The number of likely N-dealkylation sites (tertiary alicyclic amines) is 1. The number of carboxylic acids is 1. The van der Waals surface area contributed by atoms with E-state index in [0.29, 0.717) is 18.8 Å². The third kappa shape index (κ3) is 4.21. The normalized spacial score (nSPS) is 14.9. The standard InChI is InChI=1S/C22H23FN4O4/c1-13(2)31-22(30)26-7-5-16(6-8-26)27-20-12-24-19(10-15(20)11-25-27)17-4-3-14(21(28)29)9-18(17)23/h3-4,9-13,16H,5-8H2,1-2H3,(H,28,29).